The maximum atomic E-state index is 12.3. The van der Waals surface area contributed by atoms with Gasteiger partial charge in [-0.2, -0.15) is 0 Å². The first-order valence-electron chi connectivity index (χ1n) is 5.90. The molecule has 0 unspecified atom stereocenters. The van der Waals surface area contributed by atoms with Crippen molar-refractivity contribution in [2.45, 2.75) is 27.3 Å². The molecule has 0 radical (unpaired) electrons. The van der Waals surface area contributed by atoms with Gasteiger partial charge in [-0.05, 0) is 26.8 Å². The van der Waals surface area contributed by atoms with Crippen molar-refractivity contribution in [2.24, 2.45) is 0 Å². The van der Waals surface area contributed by atoms with E-state index >= 15 is 0 Å². The van der Waals surface area contributed by atoms with E-state index in [0.29, 0.717) is 0 Å². The summed E-state index contributed by atoms with van der Waals surface area (Å²) in [6.07, 6.45) is 0. The Morgan fingerprint density at radius 1 is 1.35 bits per heavy atom. The Kier molecular flexibility index (Phi) is 2.02. The van der Waals surface area contributed by atoms with Crippen LogP contribution in [0.2, 0.25) is 0 Å². The minimum atomic E-state index is 0.119. The monoisotopic (exact) mass is 229 g/mol. The average molecular weight is 229 g/mol. The second-order valence-corrected chi connectivity index (χ2v) is 4.50. The summed E-state index contributed by atoms with van der Waals surface area (Å²) in [7, 11) is 0. The minimum Gasteiger partial charge on any atom is -0.333 e. The van der Waals surface area contributed by atoms with Gasteiger partial charge in [0, 0.05) is 24.3 Å². The molecule has 4 nitrogen and oxygen atoms in total. The lowest BCUT2D eigenvalue weighted by molar-refractivity contribution is 0.0781. The summed E-state index contributed by atoms with van der Waals surface area (Å²) in [4.78, 5) is 18.6. The van der Waals surface area contributed by atoms with Crippen LogP contribution in [0.1, 0.15) is 34.4 Å². The van der Waals surface area contributed by atoms with Gasteiger partial charge in [0.15, 0.2) is 0 Å². The minimum absolute atomic E-state index is 0.119. The van der Waals surface area contributed by atoms with Crippen LogP contribution in [0.4, 0.5) is 0 Å². The van der Waals surface area contributed by atoms with Gasteiger partial charge in [-0.3, -0.25) is 9.20 Å². The van der Waals surface area contributed by atoms with E-state index in [1.54, 1.807) is 0 Å². The van der Waals surface area contributed by atoms with Gasteiger partial charge in [-0.25, -0.2) is 4.98 Å². The summed E-state index contributed by atoms with van der Waals surface area (Å²) >= 11 is 0. The molecule has 4 heteroatoms. The Bertz CT molecular complexity index is 627. The van der Waals surface area contributed by atoms with E-state index in [1.165, 1.54) is 0 Å². The van der Waals surface area contributed by atoms with Gasteiger partial charge in [0.05, 0.1) is 5.69 Å². The number of hydrogen-bond donors (Lipinski definition) is 0. The predicted molar refractivity (Wildman–Crippen MR) is 65.1 cm³/mol. The van der Waals surface area contributed by atoms with Crippen molar-refractivity contribution >= 4 is 11.6 Å². The largest absolute Gasteiger partial charge is 0.333 e. The molecule has 3 rings (SSSR count). The van der Waals surface area contributed by atoms with Crippen molar-refractivity contribution in [3.8, 4) is 0 Å². The smallest absolute Gasteiger partial charge is 0.271 e. The summed E-state index contributed by atoms with van der Waals surface area (Å²) in [5, 5.41) is 0. The van der Waals surface area contributed by atoms with Crippen molar-refractivity contribution in [3.63, 3.8) is 0 Å². The normalized spacial score (nSPS) is 14.8. The van der Waals surface area contributed by atoms with Crippen LogP contribution < -0.4 is 0 Å². The number of imidazole rings is 1. The highest BCUT2D eigenvalue weighted by atomic mass is 16.2. The Morgan fingerprint density at radius 2 is 2.12 bits per heavy atom. The van der Waals surface area contributed by atoms with E-state index in [9.17, 15) is 4.79 Å². The van der Waals surface area contributed by atoms with Gasteiger partial charge in [0.1, 0.15) is 11.3 Å². The van der Waals surface area contributed by atoms with Gasteiger partial charge in [-0.15, -0.1) is 0 Å². The third-order valence-corrected chi connectivity index (χ3v) is 3.56. The SMILES string of the molecule is CCN1Cc2ccc3nc(C)c(C)n3c2C1=O. The van der Waals surface area contributed by atoms with Crippen molar-refractivity contribution in [1.29, 1.82) is 0 Å². The molecular weight excluding hydrogens is 214 g/mol. The fourth-order valence-electron chi connectivity index (χ4n) is 2.47. The third kappa shape index (κ3) is 1.24. The van der Waals surface area contributed by atoms with Crippen molar-refractivity contribution < 1.29 is 4.79 Å². The number of aromatic nitrogens is 2. The fourth-order valence-corrected chi connectivity index (χ4v) is 2.47. The Balaban J connectivity index is 2.35. The van der Waals surface area contributed by atoms with Gasteiger partial charge in [0.25, 0.3) is 5.91 Å². The predicted octanol–water partition coefficient (Wildman–Crippen LogP) is 1.93. The Hall–Kier alpha value is -1.84. The highest BCUT2D eigenvalue weighted by molar-refractivity contribution is 5.97. The van der Waals surface area contributed by atoms with Gasteiger partial charge in [0.2, 0.25) is 0 Å². The number of rotatable bonds is 1. The van der Waals surface area contributed by atoms with E-state index < -0.39 is 0 Å². The zero-order chi connectivity index (χ0) is 12.2. The fraction of sp³-hybridized carbons (Fsp3) is 0.385. The highest BCUT2D eigenvalue weighted by Crippen LogP contribution is 2.25. The van der Waals surface area contributed by atoms with Crippen LogP contribution >= 0.6 is 0 Å². The maximum absolute atomic E-state index is 12.3. The molecule has 0 fully saturated rings. The second-order valence-electron chi connectivity index (χ2n) is 4.50. The van der Waals surface area contributed by atoms with E-state index in [-0.39, 0.29) is 5.91 Å². The third-order valence-electron chi connectivity index (χ3n) is 3.56. The molecule has 0 aromatic carbocycles. The lowest BCUT2D eigenvalue weighted by atomic mass is 10.2. The first-order valence-corrected chi connectivity index (χ1v) is 5.90. The molecule has 88 valence electrons. The standard InChI is InChI=1S/C13H15N3O/c1-4-15-7-10-5-6-11-14-8(2)9(3)16(11)12(10)13(15)17/h5-6H,4,7H2,1-3H3. The van der Waals surface area contributed by atoms with Gasteiger partial charge < -0.3 is 4.90 Å². The summed E-state index contributed by atoms with van der Waals surface area (Å²) < 4.78 is 1.99. The lowest BCUT2D eigenvalue weighted by Gasteiger charge is -2.11. The first-order chi connectivity index (χ1) is 8.13. The average Bonchev–Trinajstić information content (AvgIpc) is 2.79. The molecule has 0 bridgehead atoms. The number of aryl methyl sites for hydroxylation is 2. The molecule has 0 aliphatic carbocycles. The van der Waals surface area contributed by atoms with E-state index in [4.69, 9.17) is 0 Å². The molecule has 2 aromatic rings. The summed E-state index contributed by atoms with van der Waals surface area (Å²) in [5.74, 6) is 0.119. The van der Waals surface area contributed by atoms with Crippen LogP contribution in [0.5, 0.6) is 0 Å². The maximum Gasteiger partial charge on any atom is 0.271 e. The van der Waals surface area contributed by atoms with E-state index in [2.05, 4.69) is 4.98 Å². The van der Waals surface area contributed by atoms with E-state index in [0.717, 1.165) is 41.4 Å². The lowest BCUT2D eigenvalue weighted by Crippen LogP contribution is -2.24. The number of carbonyl (C=O) groups is 1. The second kappa shape index (κ2) is 3.32. The number of pyridine rings is 1. The number of fused-ring (bicyclic) bond motifs is 3. The van der Waals surface area contributed by atoms with Crippen LogP contribution in [0.3, 0.4) is 0 Å². The van der Waals surface area contributed by atoms with Crippen LogP contribution in [-0.4, -0.2) is 26.7 Å². The molecule has 3 heterocycles. The molecule has 1 aliphatic rings. The van der Waals surface area contributed by atoms with Gasteiger partial charge >= 0.3 is 0 Å². The molecule has 1 amide bonds. The molecule has 0 saturated heterocycles. The van der Waals surface area contributed by atoms with E-state index in [1.807, 2.05) is 42.2 Å². The summed E-state index contributed by atoms with van der Waals surface area (Å²) in [6.45, 7) is 7.47. The van der Waals surface area contributed by atoms with Crippen molar-refractivity contribution in [3.05, 3.63) is 34.8 Å². The summed E-state index contributed by atoms with van der Waals surface area (Å²) in [6, 6.07) is 4.01. The first kappa shape index (κ1) is 10.3. The van der Waals surface area contributed by atoms with Crippen LogP contribution in [0.25, 0.3) is 5.65 Å². The molecular formula is C13H15N3O. The molecule has 0 spiro atoms. The van der Waals surface area contributed by atoms with Gasteiger partial charge in [-0.1, -0.05) is 6.07 Å². The zero-order valence-corrected chi connectivity index (χ0v) is 10.3. The van der Waals surface area contributed by atoms with Crippen LogP contribution in [-0.2, 0) is 6.54 Å². The topological polar surface area (TPSA) is 37.6 Å². The molecule has 2 aromatic heterocycles. The molecule has 0 atom stereocenters. The number of nitrogens with zero attached hydrogens (tertiary/aromatic N) is 3. The van der Waals surface area contributed by atoms with Crippen LogP contribution in [0.15, 0.2) is 12.1 Å². The Morgan fingerprint density at radius 3 is 2.82 bits per heavy atom. The van der Waals surface area contributed by atoms with Crippen molar-refractivity contribution in [2.75, 3.05) is 6.54 Å². The molecule has 0 N–H and O–H groups in total. The number of amides is 1. The molecule has 0 saturated carbocycles. The highest BCUT2D eigenvalue weighted by Gasteiger charge is 2.29. The number of hydrogen-bond acceptors (Lipinski definition) is 2. The quantitative estimate of drug-likeness (QED) is 0.749. The van der Waals surface area contributed by atoms with Crippen molar-refractivity contribution in [1.82, 2.24) is 14.3 Å². The molecule has 17 heavy (non-hydrogen) atoms. The molecule has 1 aliphatic heterocycles. The summed E-state index contributed by atoms with van der Waals surface area (Å²) in [5.41, 5.74) is 4.81. The zero-order valence-electron chi connectivity index (χ0n) is 10.3. The number of carbonyl (C=O) groups excluding carboxylic acids is 1. The van der Waals surface area contributed by atoms with Crippen LogP contribution in [0, 0.1) is 13.8 Å². The Labute approximate surface area is 99.9 Å².